The summed E-state index contributed by atoms with van der Waals surface area (Å²) in [6, 6.07) is 7.60. The molecule has 1 amide bonds. The van der Waals surface area contributed by atoms with Crippen LogP contribution in [0.5, 0.6) is 0 Å². The summed E-state index contributed by atoms with van der Waals surface area (Å²) in [4.78, 5) is 50.3. The summed E-state index contributed by atoms with van der Waals surface area (Å²) < 4.78 is 10.8. The zero-order valence-electron chi connectivity index (χ0n) is 23.6. The number of hydrogen-bond acceptors (Lipinski definition) is 10. The summed E-state index contributed by atoms with van der Waals surface area (Å²) in [7, 11) is 0. The second-order valence-corrected chi connectivity index (χ2v) is 11.2. The summed E-state index contributed by atoms with van der Waals surface area (Å²) >= 11 is 0. The van der Waals surface area contributed by atoms with Crippen molar-refractivity contribution in [1.82, 2.24) is 20.3 Å². The standard InChI is InChI=1S/C29H36N6O5/c1-28(2,3)39-22(36)14-13-21(26(38)40-29(4,5)6)33-25(37)19-11-9-17(10-12-19)7-8-18-15-20-23(30)34-27(31)35-24(20)32-16-18/h7-12,15-16,21H,13-14H2,1-6H3,(H,33,37)(H4,30,31,32,34,35)/t21-/m1/s1. The van der Waals surface area contributed by atoms with Gasteiger partial charge in [-0.05, 0) is 77.3 Å². The number of carbonyl (C=O) groups is 3. The van der Waals surface area contributed by atoms with E-state index in [9.17, 15) is 14.4 Å². The Morgan fingerprint density at radius 1 is 0.925 bits per heavy atom. The zero-order chi connectivity index (χ0) is 29.7. The topological polar surface area (TPSA) is 172 Å². The fraction of sp³-hybridized carbons (Fsp3) is 0.379. The van der Waals surface area contributed by atoms with E-state index < -0.39 is 35.1 Å². The molecule has 11 nitrogen and oxygen atoms in total. The molecule has 5 N–H and O–H groups in total. The molecule has 2 heterocycles. The van der Waals surface area contributed by atoms with E-state index in [0.717, 1.165) is 11.1 Å². The fourth-order valence-electron chi connectivity index (χ4n) is 3.62. The normalized spacial score (nSPS) is 12.8. The second kappa shape index (κ2) is 12.1. The first-order valence-corrected chi connectivity index (χ1v) is 12.8. The summed E-state index contributed by atoms with van der Waals surface area (Å²) in [5.74, 6) is -1.25. The molecule has 1 aromatic carbocycles. The van der Waals surface area contributed by atoms with Gasteiger partial charge >= 0.3 is 11.9 Å². The molecule has 0 unspecified atom stereocenters. The molecule has 0 aliphatic rings. The average Bonchev–Trinajstić information content (AvgIpc) is 2.83. The average molecular weight is 549 g/mol. The van der Waals surface area contributed by atoms with Crippen LogP contribution < -0.4 is 16.8 Å². The van der Waals surface area contributed by atoms with E-state index in [0.29, 0.717) is 16.6 Å². The van der Waals surface area contributed by atoms with Gasteiger partial charge in [-0.1, -0.05) is 24.3 Å². The molecule has 0 aliphatic heterocycles. The monoisotopic (exact) mass is 548 g/mol. The molecule has 0 radical (unpaired) electrons. The fourth-order valence-corrected chi connectivity index (χ4v) is 3.62. The van der Waals surface area contributed by atoms with Gasteiger partial charge in [0.15, 0.2) is 5.65 Å². The molecule has 3 aromatic rings. The molecular formula is C29H36N6O5. The number of hydrogen-bond donors (Lipinski definition) is 3. The Morgan fingerprint density at radius 3 is 2.17 bits per heavy atom. The van der Waals surface area contributed by atoms with E-state index >= 15 is 0 Å². The first kappa shape index (κ1) is 30.0. The van der Waals surface area contributed by atoms with Gasteiger partial charge in [0, 0.05) is 18.2 Å². The van der Waals surface area contributed by atoms with Gasteiger partial charge in [-0.15, -0.1) is 0 Å². The molecule has 0 saturated carbocycles. The number of fused-ring (bicyclic) bond motifs is 1. The van der Waals surface area contributed by atoms with Crippen molar-refractivity contribution in [1.29, 1.82) is 0 Å². The Labute approximate surface area is 233 Å². The molecule has 1 atom stereocenters. The van der Waals surface area contributed by atoms with Gasteiger partial charge in [0.25, 0.3) is 5.91 Å². The van der Waals surface area contributed by atoms with Gasteiger partial charge in [0.2, 0.25) is 5.95 Å². The van der Waals surface area contributed by atoms with E-state index in [4.69, 9.17) is 20.9 Å². The lowest BCUT2D eigenvalue weighted by molar-refractivity contribution is -0.158. The third-order valence-corrected chi connectivity index (χ3v) is 5.31. The van der Waals surface area contributed by atoms with Crippen LogP contribution >= 0.6 is 0 Å². The SMILES string of the molecule is CC(C)(C)OC(=O)CC[C@@H](NC(=O)c1ccc(C=Cc2cnc3nc(N)nc(N)c3c2)cc1)C(=O)OC(C)(C)C. The van der Waals surface area contributed by atoms with Crippen LogP contribution in [0.25, 0.3) is 23.2 Å². The lowest BCUT2D eigenvalue weighted by atomic mass is 10.1. The highest BCUT2D eigenvalue weighted by atomic mass is 16.6. The minimum absolute atomic E-state index is 0.0400. The van der Waals surface area contributed by atoms with Gasteiger partial charge in [0.1, 0.15) is 23.1 Å². The Balaban J connectivity index is 1.69. The molecular weight excluding hydrogens is 512 g/mol. The quantitative estimate of drug-likeness (QED) is 0.350. The maximum atomic E-state index is 13.0. The Bertz CT molecular complexity index is 1420. The molecule has 0 spiro atoms. The largest absolute Gasteiger partial charge is 0.460 e. The molecule has 212 valence electrons. The molecule has 0 fully saturated rings. The van der Waals surface area contributed by atoms with Gasteiger partial charge in [-0.3, -0.25) is 9.59 Å². The summed E-state index contributed by atoms with van der Waals surface area (Å²) in [5, 5.41) is 3.29. The number of nitrogens with one attached hydrogen (secondary N) is 1. The number of amides is 1. The van der Waals surface area contributed by atoms with Crippen molar-refractivity contribution < 1.29 is 23.9 Å². The number of anilines is 2. The van der Waals surface area contributed by atoms with Crippen LogP contribution in [-0.2, 0) is 19.1 Å². The number of benzene rings is 1. The van der Waals surface area contributed by atoms with E-state index in [1.165, 1.54) is 0 Å². The Morgan fingerprint density at radius 2 is 1.55 bits per heavy atom. The molecule has 11 heteroatoms. The molecule has 0 bridgehead atoms. The molecule has 0 aliphatic carbocycles. The number of nitrogens with two attached hydrogens (primary N) is 2. The number of aromatic nitrogens is 3. The minimum Gasteiger partial charge on any atom is -0.460 e. The van der Waals surface area contributed by atoms with Gasteiger partial charge in [-0.25, -0.2) is 9.78 Å². The van der Waals surface area contributed by atoms with Crippen molar-refractivity contribution in [3.05, 3.63) is 53.2 Å². The van der Waals surface area contributed by atoms with Gasteiger partial charge < -0.3 is 26.3 Å². The van der Waals surface area contributed by atoms with Crippen LogP contribution in [0.15, 0.2) is 36.5 Å². The highest BCUT2D eigenvalue weighted by Gasteiger charge is 2.28. The van der Waals surface area contributed by atoms with E-state index in [1.54, 1.807) is 72.0 Å². The third kappa shape index (κ3) is 9.04. The summed E-state index contributed by atoms with van der Waals surface area (Å²) in [6.45, 7) is 10.5. The van der Waals surface area contributed by atoms with E-state index in [1.807, 2.05) is 18.2 Å². The van der Waals surface area contributed by atoms with Crippen molar-refractivity contribution in [2.24, 2.45) is 0 Å². The third-order valence-electron chi connectivity index (χ3n) is 5.31. The smallest absolute Gasteiger partial charge is 0.329 e. The van der Waals surface area contributed by atoms with Crippen LogP contribution in [0.2, 0.25) is 0 Å². The predicted octanol–water partition coefficient (Wildman–Crippen LogP) is 3.92. The van der Waals surface area contributed by atoms with Crippen LogP contribution in [0.1, 0.15) is 75.9 Å². The van der Waals surface area contributed by atoms with Crippen LogP contribution in [0.4, 0.5) is 11.8 Å². The maximum Gasteiger partial charge on any atom is 0.329 e. The lowest BCUT2D eigenvalue weighted by Crippen LogP contribution is -2.44. The van der Waals surface area contributed by atoms with E-state index in [-0.39, 0.29) is 24.6 Å². The van der Waals surface area contributed by atoms with E-state index in [2.05, 4.69) is 20.3 Å². The number of rotatable bonds is 8. The van der Waals surface area contributed by atoms with Crippen LogP contribution in [-0.4, -0.2) is 50.0 Å². The highest BCUT2D eigenvalue weighted by molar-refractivity contribution is 5.97. The number of nitrogen functional groups attached to an aromatic ring is 2. The van der Waals surface area contributed by atoms with Crippen molar-refractivity contribution in [3.63, 3.8) is 0 Å². The lowest BCUT2D eigenvalue weighted by Gasteiger charge is -2.25. The van der Waals surface area contributed by atoms with Crippen molar-refractivity contribution in [3.8, 4) is 0 Å². The van der Waals surface area contributed by atoms with Crippen molar-refractivity contribution in [2.75, 3.05) is 11.5 Å². The Hall–Kier alpha value is -4.54. The first-order valence-electron chi connectivity index (χ1n) is 12.8. The number of esters is 2. The second-order valence-electron chi connectivity index (χ2n) is 11.2. The van der Waals surface area contributed by atoms with Crippen LogP contribution in [0, 0.1) is 0 Å². The number of pyridine rings is 1. The number of nitrogens with zero attached hydrogens (tertiary/aromatic N) is 3. The summed E-state index contributed by atoms with van der Waals surface area (Å²) in [6.07, 6.45) is 5.31. The summed E-state index contributed by atoms with van der Waals surface area (Å²) in [5.41, 5.74) is 12.5. The predicted molar refractivity (Wildman–Crippen MR) is 154 cm³/mol. The number of carbonyl (C=O) groups excluding carboxylic acids is 3. The van der Waals surface area contributed by atoms with Gasteiger partial charge in [0.05, 0.1) is 5.39 Å². The van der Waals surface area contributed by atoms with Crippen molar-refractivity contribution >= 4 is 52.8 Å². The first-order chi connectivity index (χ1) is 18.6. The number of ether oxygens (including phenoxy) is 2. The molecule has 2 aromatic heterocycles. The van der Waals surface area contributed by atoms with Gasteiger partial charge in [-0.2, -0.15) is 9.97 Å². The Kier molecular flexibility index (Phi) is 9.08. The highest BCUT2D eigenvalue weighted by Crippen LogP contribution is 2.20. The maximum absolute atomic E-state index is 13.0. The van der Waals surface area contributed by atoms with Crippen LogP contribution in [0.3, 0.4) is 0 Å². The molecule has 3 rings (SSSR count). The van der Waals surface area contributed by atoms with Crippen molar-refractivity contribution in [2.45, 2.75) is 71.6 Å². The zero-order valence-corrected chi connectivity index (χ0v) is 23.6. The molecule has 40 heavy (non-hydrogen) atoms. The molecule has 0 saturated heterocycles. The minimum atomic E-state index is -1.02.